The van der Waals surface area contributed by atoms with Gasteiger partial charge in [0.05, 0.1) is 17.2 Å². The van der Waals surface area contributed by atoms with Crippen molar-refractivity contribution in [2.75, 3.05) is 0 Å². The number of nitriles is 1. The van der Waals surface area contributed by atoms with Crippen molar-refractivity contribution >= 4 is 5.91 Å². The van der Waals surface area contributed by atoms with Crippen LogP contribution in [0.2, 0.25) is 0 Å². The molecule has 1 heterocycles. The molecule has 0 aliphatic rings. The molecule has 1 unspecified atom stereocenters. The summed E-state index contributed by atoms with van der Waals surface area (Å²) in [5.74, 6) is -0.649. The lowest BCUT2D eigenvalue weighted by Crippen LogP contribution is -2.28. The summed E-state index contributed by atoms with van der Waals surface area (Å²) in [5.41, 5.74) is -0.736. The quantitative estimate of drug-likeness (QED) is 0.945. The maximum absolute atomic E-state index is 12.7. The van der Waals surface area contributed by atoms with E-state index in [4.69, 9.17) is 5.26 Å². The molecule has 1 aromatic carbocycles. The molecule has 0 aliphatic carbocycles. The second-order valence-electron chi connectivity index (χ2n) is 4.29. The van der Waals surface area contributed by atoms with Crippen LogP contribution >= 0.6 is 0 Å². The molecule has 1 aromatic heterocycles. The highest BCUT2D eigenvalue weighted by Gasteiger charge is 2.31. The van der Waals surface area contributed by atoms with Crippen molar-refractivity contribution in [1.82, 2.24) is 15.3 Å². The summed E-state index contributed by atoms with van der Waals surface area (Å²) < 4.78 is 38.0. The van der Waals surface area contributed by atoms with E-state index < -0.39 is 23.7 Å². The first-order chi connectivity index (χ1) is 10.4. The van der Waals surface area contributed by atoms with Crippen LogP contribution in [0.1, 0.15) is 27.5 Å². The highest BCUT2D eigenvalue weighted by atomic mass is 19.4. The van der Waals surface area contributed by atoms with E-state index in [1.54, 1.807) is 6.07 Å². The number of alkyl halides is 3. The number of rotatable bonds is 3. The Kier molecular flexibility index (Phi) is 4.36. The predicted octanol–water partition coefficient (Wildman–Crippen LogP) is 2.49. The van der Waals surface area contributed by atoms with Crippen molar-refractivity contribution < 1.29 is 18.0 Å². The Morgan fingerprint density at radius 2 is 1.95 bits per heavy atom. The first-order valence-electron chi connectivity index (χ1n) is 6.04. The van der Waals surface area contributed by atoms with Crippen molar-refractivity contribution in [3.05, 3.63) is 59.7 Å². The maximum Gasteiger partial charge on any atom is 0.416 e. The number of nitrogens with one attached hydrogen (secondary N) is 1. The summed E-state index contributed by atoms with van der Waals surface area (Å²) in [6.07, 6.45) is -0.815. The minimum absolute atomic E-state index is 0.0440. The molecule has 112 valence electrons. The van der Waals surface area contributed by atoms with Crippen LogP contribution in [0.5, 0.6) is 0 Å². The molecule has 2 aromatic rings. The number of hydrogen-bond donors (Lipinski definition) is 1. The lowest BCUT2D eigenvalue weighted by molar-refractivity contribution is -0.137. The van der Waals surface area contributed by atoms with Gasteiger partial charge in [0.2, 0.25) is 0 Å². The van der Waals surface area contributed by atoms with Crippen molar-refractivity contribution in [3.8, 4) is 6.07 Å². The van der Waals surface area contributed by atoms with Gasteiger partial charge < -0.3 is 5.32 Å². The Balaban J connectivity index is 2.23. The van der Waals surface area contributed by atoms with Gasteiger partial charge in [0.25, 0.3) is 5.91 Å². The van der Waals surface area contributed by atoms with Crippen molar-refractivity contribution in [2.24, 2.45) is 0 Å². The number of amides is 1. The average molecular weight is 306 g/mol. The fourth-order valence-corrected chi connectivity index (χ4v) is 1.72. The summed E-state index contributed by atoms with van der Waals surface area (Å²) in [6.45, 7) is 0. The maximum atomic E-state index is 12.7. The molecule has 0 spiro atoms. The van der Waals surface area contributed by atoms with Crippen LogP contribution in [0, 0.1) is 11.3 Å². The second-order valence-corrected chi connectivity index (χ2v) is 4.29. The summed E-state index contributed by atoms with van der Waals surface area (Å²) in [7, 11) is 0. The van der Waals surface area contributed by atoms with Crippen LogP contribution < -0.4 is 5.32 Å². The zero-order valence-electron chi connectivity index (χ0n) is 11.0. The molecule has 0 radical (unpaired) electrons. The minimum atomic E-state index is -4.52. The van der Waals surface area contributed by atoms with Crippen molar-refractivity contribution in [3.63, 3.8) is 0 Å². The average Bonchev–Trinajstić information content (AvgIpc) is 2.52. The van der Waals surface area contributed by atoms with E-state index in [1.807, 2.05) is 0 Å². The van der Waals surface area contributed by atoms with Crippen LogP contribution in [0.15, 0.2) is 43.0 Å². The van der Waals surface area contributed by atoms with Crippen LogP contribution in [0.25, 0.3) is 0 Å². The molecular weight excluding hydrogens is 297 g/mol. The number of benzene rings is 1. The predicted molar refractivity (Wildman–Crippen MR) is 69.3 cm³/mol. The molecule has 0 saturated heterocycles. The van der Waals surface area contributed by atoms with E-state index in [1.165, 1.54) is 30.9 Å². The van der Waals surface area contributed by atoms with Gasteiger partial charge in [0, 0.05) is 12.4 Å². The molecule has 8 heteroatoms. The lowest BCUT2D eigenvalue weighted by Gasteiger charge is -2.14. The third kappa shape index (κ3) is 3.58. The van der Waals surface area contributed by atoms with Crippen LogP contribution in [-0.4, -0.2) is 15.9 Å². The standard InChI is InChI=1S/C14H9F3N4O/c15-14(16,17)11-3-1-2-9(4-11)12(5-18)21-13(22)10-6-19-8-20-7-10/h1-4,6-8,12H,(H,21,22). The number of carbonyl (C=O) groups excluding carboxylic acids is 1. The Labute approximate surface area is 123 Å². The molecule has 0 bridgehead atoms. The summed E-state index contributed by atoms with van der Waals surface area (Å²) in [4.78, 5) is 19.2. The van der Waals surface area contributed by atoms with E-state index >= 15 is 0 Å². The fraction of sp³-hybridized carbons (Fsp3) is 0.143. The molecule has 0 fully saturated rings. The topological polar surface area (TPSA) is 78.7 Å². The summed E-state index contributed by atoms with van der Waals surface area (Å²) >= 11 is 0. The molecule has 0 aliphatic heterocycles. The number of nitrogens with zero attached hydrogens (tertiary/aromatic N) is 3. The largest absolute Gasteiger partial charge is 0.416 e. The van der Waals surface area contributed by atoms with Crippen molar-refractivity contribution in [2.45, 2.75) is 12.2 Å². The van der Waals surface area contributed by atoms with Gasteiger partial charge in [-0.25, -0.2) is 9.97 Å². The molecule has 1 N–H and O–H groups in total. The van der Waals surface area contributed by atoms with Crippen molar-refractivity contribution in [1.29, 1.82) is 5.26 Å². The van der Waals surface area contributed by atoms with E-state index in [-0.39, 0.29) is 11.1 Å². The zero-order chi connectivity index (χ0) is 16.2. The normalized spacial score (nSPS) is 12.3. The lowest BCUT2D eigenvalue weighted by atomic mass is 10.0. The number of hydrogen-bond acceptors (Lipinski definition) is 4. The minimum Gasteiger partial charge on any atom is -0.332 e. The van der Waals surface area contributed by atoms with Gasteiger partial charge in [-0.1, -0.05) is 12.1 Å². The molecular formula is C14H9F3N4O. The van der Waals surface area contributed by atoms with E-state index in [2.05, 4.69) is 15.3 Å². The van der Waals surface area contributed by atoms with Gasteiger partial charge in [-0.15, -0.1) is 0 Å². The molecule has 22 heavy (non-hydrogen) atoms. The van der Waals surface area contributed by atoms with E-state index in [0.29, 0.717) is 0 Å². The van der Waals surface area contributed by atoms with Gasteiger partial charge in [0.15, 0.2) is 0 Å². The van der Waals surface area contributed by atoms with Gasteiger partial charge in [-0.05, 0) is 17.7 Å². The van der Waals surface area contributed by atoms with Gasteiger partial charge in [-0.2, -0.15) is 18.4 Å². The third-order valence-corrected chi connectivity index (χ3v) is 2.77. The fourth-order valence-electron chi connectivity index (χ4n) is 1.72. The SMILES string of the molecule is N#CC(NC(=O)c1cncnc1)c1cccc(C(F)(F)F)c1. The highest BCUT2D eigenvalue weighted by molar-refractivity contribution is 5.94. The number of aromatic nitrogens is 2. The molecule has 0 saturated carbocycles. The Bertz CT molecular complexity index is 710. The molecule has 1 atom stereocenters. The van der Waals surface area contributed by atoms with Gasteiger partial charge in [-0.3, -0.25) is 4.79 Å². The Hall–Kier alpha value is -2.95. The van der Waals surface area contributed by atoms with Gasteiger partial charge >= 0.3 is 6.18 Å². The molecule has 5 nitrogen and oxygen atoms in total. The zero-order valence-corrected chi connectivity index (χ0v) is 11.0. The Morgan fingerprint density at radius 1 is 1.27 bits per heavy atom. The Morgan fingerprint density at radius 3 is 2.55 bits per heavy atom. The summed E-state index contributed by atoms with van der Waals surface area (Å²) in [6, 6.07) is 4.79. The van der Waals surface area contributed by atoms with Gasteiger partial charge in [0.1, 0.15) is 12.4 Å². The second kappa shape index (κ2) is 6.22. The first-order valence-corrected chi connectivity index (χ1v) is 6.04. The smallest absolute Gasteiger partial charge is 0.332 e. The number of halogens is 3. The monoisotopic (exact) mass is 306 g/mol. The molecule has 1 amide bonds. The third-order valence-electron chi connectivity index (χ3n) is 2.77. The molecule has 2 rings (SSSR count). The van der Waals surface area contributed by atoms with E-state index in [9.17, 15) is 18.0 Å². The van der Waals surface area contributed by atoms with E-state index in [0.717, 1.165) is 12.1 Å². The van der Waals surface area contributed by atoms with Crippen LogP contribution in [0.3, 0.4) is 0 Å². The van der Waals surface area contributed by atoms with Crippen LogP contribution in [0.4, 0.5) is 13.2 Å². The highest BCUT2D eigenvalue weighted by Crippen LogP contribution is 2.30. The van der Waals surface area contributed by atoms with Crippen LogP contribution in [-0.2, 0) is 6.18 Å². The summed E-state index contributed by atoms with van der Waals surface area (Å²) in [5, 5.41) is 11.4. The first kappa shape index (κ1) is 15.4. The number of carbonyl (C=O) groups is 1.